The zero-order valence-electron chi connectivity index (χ0n) is 11.2. The smallest absolute Gasteiger partial charge is 0.153 e. The van der Waals surface area contributed by atoms with Crippen LogP contribution in [0.4, 0.5) is 0 Å². The van der Waals surface area contributed by atoms with Gasteiger partial charge in [0.1, 0.15) is 0 Å². The van der Waals surface area contributed by atoms with Crippen molar-refractivity contribution in [3.05, 3.63) is 35.9 Å². The predicted molar refractivity (Wildman–Crippen MR) is 78.0 cm³/mol. The Morgan fingerprint density at radius 3 is 2.50 bits per heavy atom. The molecule has 1 rings (SSSR count). The predicted octanol–water partition coefficient (Wildman–Crippen LogP) is 4.04. The first-order valence-electron chi connectivity index (χ1n) is 6.83. The Morgan fingerprint density at radius 1 is 1.17 bits per heavy atom. The molecule has 0 aliphatic rings. The van der Waals surface area contributed by atoms with E-state index in [9.17, 15) is 4.21 Å². The van der Waals surface area contributed by atoms with Crippen molar-refractivity contribution in [2.75, 3.05) is 5.75 Å². The van der Waals surface area contributed by atoms with Crippen LogP contribution in [-0.4, -0.2) is 14.5 Å². The summed E-state index contributed by atoms with van der Waals surface area (Å²) < 4.78 is 20.1. The van der Waals surface area contributed by atoms with E-state index in [1.807, 2.05) is 18.2 Å². The third-order valence-electron chi connectivity index (χ3n) is 3.21. The second kappa shape index (κ2) is 9.29. The van der Waals surface area contributed by atoms with E-state index in [-0.39, 0.29) is 0 Å². The van der Waals surface area contributed by atoms with Crippen LogP contribution in [0.25, 0.3) is 0 Å². The van der Waals surface area contributed by atoms with Gasteiger partial charge in [-0.2, -0.15) is 0 Å². The third kappa shape index (κ3) is 6.92. The van der Waals surface area contributed by atoms with Crippen LogP contribution in [0.5, 0.6) is 0 Å². The van der Waals surface area contributed by atoms with Gasteiger partial charge < -0.3 is 4.55 Å². The fourth-order valence-corrected chi connectivity index (χ4v) is 2.94. The molecule has 0 saturated carbocycles. The Balaban J connectivity index is 2.42. The summed E-state index contributed by atoms with van der Waals surface area (Å²) in [6.07, 6.45) is 6.87. The van der Waals surface area contributed by atoms with Gasteiger partial charge >= 0.3 is 0 Å². The van der Waals surface area contributed by atoms with Crippen LogP contribution in [0.15, 0.2) is 30.3 Å². The standard InChI is InChI=1S/C15H24O2S/c1-2-3-4-6-11-15(13-18(16)17)12-14-9-7-5-8-10-14/h5,7-10,15H,2-4,6,11-13H2,1H3,(H,16,17). The van der Waals surface area contributed by atoms with Crippen molar-refractivity contribution in [1.82, 2.24) is 0 Å². The minimum absolute atomic E-state index is 0.329. The molecule has 1 aromatic carbocycles. The molecule has 0 heterocycles. The molecule has 2 unspecified atom stereocenters. The fourth-order valence-electron chi connectivity index (χ4n) is 2.25. The van der Waals surface area contributed by atoms with Gasteiger partial charge in [0.15, 0.2) is 11.1 Å². The molecule has 102 valence electrons. The Kier molecular flexibility index (Phi) is 7.94. The maximum absolute atomic E-state index is 11.0. The van der Waals surface area contributed by atoms with Crippen molar-refractivity contribution in [1.29, 1.82) is 0 Å². The summed E-state index contributed by atoms with van der Waals surface area (Å²) in [6, 6.07) is 10.3. The average Bonchev–Trinajstić information content (AvgIpc) is 2.35. The maximum atomic E-state index is 11.0. The molecule has 2 nitrogen and oxygen atoms in total. The van der Waals surface area contributed by atoms with E-state index in [1.165, 1.54) is 31.2 Å². The topological polar surface area (TPSA) is 37.3 Å². The largest absolute Gasteiger partial charge is 0.306 e. The van der Waals surface area contributed by atoms with Crippen molar-refractivity contribution in [3.63, 3.8) is 0 Å². The summed E-state index contributed by atoms with van der Waals surface area (Å²) in [6.45, 7) is 2.20. The van der Waals surface area contributed by atoms with Crippen LogP contribution in [-0.2, 0) is 17.5 Å². The number of rotatable bonds is 9. The quantitative estimate of drug-likeness (QED) is 0.542. The zero-order valence-corrected chi connectivity index (χ0v) is 12.0. The Bertz CT molecular complexity index is 338. The second-order valence-electron chi connectivity index (χ2n) is 4.89. The molecule has 0 bridgehead atoms. The van der Waals surface area contributed by atoms with Gasteiger partial charge in [-0.3, -0.25) is 0 Å². The molecule has 0 saturated heterocycles. The molecule has 0 aromatic heterocycles. The Labute approximate surface area is 113 Å². The number of benzene rings is 1. The van der Waals surface area contributed by atoms with E-state index in [0.717, 1.165) is 12.8 Å². The molecule has 1 N–H and O–H groups in total. The average molecular weight is 268 g/mol. The summed E-state index contributed by atoms with van der Waals surface area (Å²) in [5.74, 6) is 0.733. The summed E-state index contributed by atoms with van der Waals surface area (Å²) in [7, 11) is 0. The molecule has 0 amide bonds. The van der Waals surface area contributed by atoms with Gasteiger partial charge in [-0.15, -0.1) is 0 Å². The van der Waals surface area contributed by atoms with Gasteiger partial charge in [0.05, 0.1) is 5.75 Å². The maximum Gasteiger partial charge on any atom is 0.153 e. The van der Waals surface area contributed by atoms with Gasteiger partial charge in [-0.1, -0.05) is 62.9 Å². The molecule has 3 heteroatoms. The Hall–Kier alpha value is -0.670. The normalized spacial score (nSPS) is 14.3. The lowest BCUT2D eigenvalue weighted by atomic mass is 9.95. The van der Waals surface area contributed by atoms with Crippen molar-refractivity contribution in [2.24, 2.45) is 5.92 Å². The van der Waals surface area contributed by atoms with Gasteiger partial charge in [-0.05, 0) is 24.3 Å². The van der Waals surface area contributed by atoms with Crippen LogP contribution in [0.1, 0.15) is 44.6 Å². The minimum atomic E-state index is -1.68. The molecular formula is C15H24O2S. The molecule has 18 heavy (non-hydrogen) atoms. The van der Waals surface area contributed by atoms with Crippen molar-refractivity contribution < 1.29 is 8.76 Å². The SMILES string of the molecule is CCCCCCC(Cc1ccccc1)CS(=O)O. The number of hydrogen-bond acceptors (Lipinski definition) is 1. The van der Waals surface area contributed by atoms with E-state index in [2.05, 4.69) is 19.1 Å². The first-order chi connectivity index (χ1) is 8.72. The molecule has 0 aliphatic carbocycles. The minimum Gasteiger partial charge on any atom is -0.306 e. The zero-order chi connectivity index (χ0) is 13.2. The van der Waals surface area contributed by atoms with Crippen LogP contribution in [0.2, 0.25) is 0 Å². The van der Waals surface area contributed by atoms with E-state index < -0.39 is 11.1 Å². The summed E-state index contributed by atoms with van der Waals surface area (Å²) in [5, 5.41) is 0. The highest BCUT2D eigenvalue weighted by atomic mass is 32.2. The van der Waals surface area contributed by atoms with Crippen LogP contribution in [0.3, 0.4) is 0 Å². The molecule has 0 radical (unpaired) electrons. The third-order valence-corrected chi connectivity index (χ3v) is 3.97. The summed E-state index contributed by atoms with van der Waals surface area (Å²) >= 11 is -1.68. The number of unbranched alkanes of at least 4 members (excludes halogenated alkanes) is 3. The highest BCUT2D eigenvalue weighted by molar-refractivity contribution is 7.79. The first-order valence-corrected chi connectivity index (χ1v) is 8.11. The monoisotopic (exact) mass is 268 g/mol. The van der Waals surface area contributed by atoms with E-state index in [1.54, 1.807) is 0 Å². The van der Waals surface area contributed by atoms with Gasteiger partial charge in [0.2, 0.25) is 0 Å². The van der Waals surface area contributed by atoms with Crippen molar-refractivity contribution in [3.8, 4) is 0 Å². The van der Waals surface area contributed by atoms with Crippen LogP contribution in [0, 0.1) is 5.92 Å². The van der Waals surface area contributed by atoms with Crippen LogP contribution < -0.4 is 0 Å². The number of hydrogen-bond donors (Lipinski definition) is 1. The molecule has 0 fully saturated rings. The summed E-state index contributed by atoms with van der Waals surface area (Å²) in [4.78, 5) is 0. The molecule has 2 atom stereocenters. The van der Waals surface area contributed by atoms with Gasteiger partial charge in [0, 0.05) is 0 Å². The highest BCUT2D eigenvalue weighted by Crippen LogP contribution is 2.17. The first kappa shape index (κ1) is 15.4. The fraction of sp³-hybridized carbons (Fsp3) is 0.600. The lowest BCUT2D eigenvalue weighted by Gasteiger charge is -2.15. The highest BCUT2D eigenvalue weighted by Gasteiger charge is 2.12. The molecule has 0 spiro atoms. The molecule has 0 aliphatic heterocycles. The second-order valence-corrected chi connectivity index (χ2v) is 5.87. The van der Waals surface area contributed by atoms with E-state index in [4.69, 9.17) is 4.55 Å². The lowest BCUT2D eigenvalue weighted by Crippen LogP contribution is -2.13. The van der Waals surface area contributed by atoms with Gasteiger partial charge in [0.25, 0.3) is 0 Å². The summed E-state index contributed by atoms with van der Waals surface area (Å²) in [5.41, 5.74) is 1.27. The van der Waals surface area contributed by atoms with E-state index >= 15 is 0 Å². The lowest BCUT2D eigenvalue weighted by molar-refractivity contribution is 0.474. The molecule has 1 aromatic rings. The van der Waals surface area contributed by atoms with Crippen molar-refractivity contribution >= 4 is 11.1 Å². The molecular weight excluding hydrogens is 244 g/mol. The van der Waals surface area contributed by atoms with Crippen molar-refractivity contribution in [2.45, 2.75) is 45.4 Å². The Morgan fingerprint density at radius 2 is 1.89 bits per heavy atom. The van der Waals surface area contributed by atoms with Crippen LogP contribution >= 0.6 is 0 Å². The van der Waals surface area contributed by atoms with Gasteiger partial charge in [-0.25, -0.2) is 4.21 Å². The van der Waals surface area contributed by atoms with E-state index in [0.29, 0.717) is 11.7 Å².